The molecule has 0 saturated heterocycles. The molecule has 22 aromatic rings. The van der Waals surface area contributed by atoms with Gasteiger partial charge in [0.05, 0.1) is 40.9 Å². The zero-order chi connectivity index (χ0) is 98.8. The maximum absolute atomic E-state index is 4.68. The van der Waals surface area contributed by atoms with Gasteiger partial charge in [-0.3, -0.25) is 64.9 Å². The first-order valence-corrected chi connectivity index (χ1v) is 46.4. The number of hydrogen-bond donors (Lipinski definition) is 0. The normalized spacial score (nSPS) is 15.2. The molecule has 0 spiro atoms. The Morgan fingerprint density at radius 1 is 0.238 bits per heavy atom. The maximum atomic E-state index is 4.68. The molecule has 2 aromatic carbocycles. The van der Waals surface area contributed by atoms with Crippen molar-refractivity contribution in [2.75, 3.05) is 0 Å². The zero-order valence-corrected chi connectivity index (χ0v) is 94.0. The first kappa shape index (κ1) is 112. The summed E-state index contributed by atoms with van der Waals surface area (Å²) < 4.78 is 0. The van der Waals surface area contributed by atoms with Crippen molar-refractivity contribution in [1.82, 2.24) is 167 Å². The Kier molecular flexibility index (Phi) is 38.9. The summed E-state index contributed by atoms with van der Waals surface area (Å²) in [5, 5.41) is 85.7. The third-order valence-electron chi connectivity index (χ3n) is 25.8. The van der Waals surface area contributed by atoms with Gasteiger partial charge in [-0.25, -0.2) is 0 Å². The Morgan fingerprint density at radius 3 is 0.748 bits per heavy atom. The van der Waals surface area contributed by atoms with Crippen LogP contribution in [0.1, 0.15) is 147 Å². The predicted molar refractivity (Wildman–Crippen MR) is 540 cm³/mol. The zero-order valence-electron chi connectivity index (χ0n) is 82.6. The minimum Gasteiger partial charge on any atom is -0.574 e. The van der Waals surface area contributed by atoms with Gasteiger partial charge in [-0.1, -0.05) is 220 Å². The van der Waals surface area contributed by atoms with Gasteiger partial charge in [-0.2, -0.15) is 0 Å². The molecule has 20 aromatic heterocycles. The fourth-order valence-electron chi connectivity index (χ4n) is 17.7. The Morgan fingerprint density at radius 2 is 0.503 bits per heavy atom. The van der Waals surface area contributed by atoms with E-state index in [1.54, 1.807) is 81.3 Å². The Bertz CT molecular complexity index is 6740. The summed E-state index contributed by atoms with van der Waals surface area (Å²) in [6, 6.07) is 68.7. The minimum absolute atomic E-state index is 0. The molecule has 0 radical (unpaired) electrons. The fourth-order valence-corrected chi connectivity index (χ4v) is 17.7. The van der Waals surface area contributed by atoms with Crippen molar-refractivity contribution in [2.24, 2.45) is 10.8 Å². The van der Waals surface area contributed by atoms with Gasteiger partial charge in [0, 0.05) is 182 Å². The first-order chi connectivity index (χ1) is 68.9. The molecule has 4 aliphatic rings. The van der Waals surface area contributed by atoms with Crippen LogP contribution in [0.15, 0.2) is 299 Å². The molecule has 26 rings (SSSR count). The summed E-state index contributed by atoms with van der Waals surface area (Å²) in [6.07, 6.45) is 29.2. The van der Waals surface area contributed by atoms with Crippen LogP contribution in [0.25, 0.3) is 136 Å². The summed E-state index contributed by atoms with van der Waals surface area (Å²) in [5.74, 6) is 2.38. The van der Waals surface area contributed by atoms with Gasteiger partial charge in [-0.15, -0.1) is 0 Å². The number of pyridine rings is 8. The summed E-state index contributed by atoms with van der Waals surface area (Å²) >= 11 is 0. The number of aromatic nitrogens is 33. The second kappa shape index (κ2) is 51.2. The summed E-state index contributed by atoms with van der Waals surface area (Å²) in [7, 11) is 0. The van der Waals surface area contributed by atoms with Gasteiger partial charge in [0.15, 0.2) is 0 Å². The Hall–Kier alpha value is -14.2. The van der Waals surface area contributed by atoms with E-state index in [0.29, 0.717) is 23.5 Å². The van der Waals surface area contributed by atoms with Crippen molar-refractivity contribution < 1.29 is 105 Å². The van der Waals surface area contributed by atoms with E-state index in [0.717, 1.165) is 148 Å². The van der Waals surface area contributed by atoms with Crippen molar-refractivity contribution in [1.29, 1.82) is 0 Å². The molecule has 4 atom stereocenters. The van der Waals surface area contributed by atoms with E-state index in [1.165, 1.54) is 69.7 Å². The van der Waals surface area contributed by atoms with Gasteiger partial charge < -0.3 is 102 Å². The van der Waals surface area contributed by atoms with Gasteiger partial charge >= 0.3 is 105 Å². The average Bonchev–Trinajstić information content (AvgIpc) is 1.52. The largest absolute Gasteiger partial charge is 2.00 e. The van der Waals surface area contributed by atoms with Crippen LogP contribution in [0.4, 0.5) is 0 Å². The number of rotatable bonds is 10. The van der Waals surface area contributed by atoms with Gasteiger partial charge in [-0.05, 0) is 216 Å². The molecule has 33 nitrogen and oxygen atoms in total. The standard InChI is InChI=1S/2C20H20N3.5C9H8N3.3C8H7N4.5Pt/c2*1-19(2)14-8-9-20(19,3)18-16(14)17(22-23-18)15-10-12-6-4-5-7-13(12)11-21-15;5*1-7-6-9(12-11-7)8-4-2-3-5-10-8;2*1-6-4-7(12-11-6)8-5-9-2-3-10-8;1-6-10-8(12-11-6)7-4-2-3-5-9-7;;;;;/h2*4-7,10-11,14H,8-9H2,1-3H3;5*2-6H,1H3;3*2-5H,1H3;;;;;/q10*-1;5*+2. The SMILES string of the molecule is CC12CCC(c3c1n[n-]c3-c1cc3ccccc3cn1)C2(C)C.CC12CCC(c3c1n[n-]c3-c1cc3ccccc3cn1)C2(C)C.Cc1cc(-c2ccccn2)[n-]n1.Cc1cc(-c2ccccn2)[n-]n1.Cc1cc(-c2ccccn2)[n-]n1.Cc1cc(-c2ccccn2)[n-]n1.Cc1cc(-c2ccccn2)[n-]n1.Cc1cc(-c2cnccn2)[n-]n1.Cc1cc(-c2cnccn2)[n-]n1.Cc1n[n-]c(-c2ccccn2)n1.[Pt+2].[Pt+2].[Pt+2].[Pt+2].[Pt+2]. The second-order valence-corrected chi connectivity index (χ2v) is 36.0. The van der Waals surface area contributed by atoms with Gasteiger partial charge in [0.1, 0.15) is 0 Å². The van der Waals surface area contributed by atoms with Gasteiger partial charge in [0.25, 0.3) is 0 Å². The molecule has 2 fully saturated rings. The number of aryl methyl sites for hydroxylation is 8. The molecule has 2 saturated carbocycles. The van der Waals surface area contributed by atoms with Crippen molar-refractivity contribution in [3.05, 3.63) is 367 Å². The molecule has 752 valence electrons. The van der Waals surface area contributed by atoms with Crippen LogP contribution in [0.2, 0.25) is 0 Å². The van der Waals surface area contributed by atoms with Crippen LogP contribution in [0.5, 0.6) is 0 Å². The molecule has 38 heteroatoms. The minimum atomic E-state index is 0. The summed E-state index contributed by atoms with van der Waals surface area (Å²) in [4.78, 5) is 54.4. The van der Waals surface area contributed by atoms with Gasteiger partial charge in [0.2, 0.25) is 0 Å². The molecule has 4 aliphatic carbocycles. The monoisotopic (exact) mass is 2850 g/mol. The topological polar surface area (TPSA) is 437 Å². The van der Waals surface area contributed by atoms with Crippen LogP contribution in [0, 0.1) is 66.2 Å². The van der Waals surface area contributed by atoms with Crippen LogP contribution >= 0.6 is 0 Å². The van der Waals surface area contributed by atoms with E-state index in [2.05, 4.69) is 257 Å². The smallest absolute Gasteiger partial charge is 0.574 e. The van der Waals surface area contributed by atoms with E-state index < -0.39 is 0 Å². The van der Waals surface area contributed by atoms with E-state index in [4.69, 9.17) is 0 Å². The van der Waals surface area contributed by atoms with E-state index in [1.807, 2.05) is 225 Å². The quantitative estimate of drug-likeness (QED) is 0.123. The molecular formula is C109H101N33Pt5. The van der Waals surface area contributed by atoms with Crippen molar-refractivity contribution >= 4 is 21.5 Å². The van der Waals surface area contributed by atoms with E-state index >= 15 is 0 Å². The van der Waals surface area contributed by atoms with Crippen LogP contribution in [0.3, 0.4) is 0 Å². The summed E-state index contributed by atoms with van der Waals surface area (Å²) in [5.41, 5.74) is 28.8. The van der Waals surface area contributed by atoms with Crippen molar-refractivity contribution in [3.63, 3.8) is 0 Å². The summed E-state index contributed by atoms with van der Waals surface area (Å²) in [6.45, 7) is 29.5. The number of hydrogen-bond acceptors (Lipinski definition) is 23. The molecular weight excluding hydrogens is 2750 g/mol. The molecule has 0 aliphatic heterocycles. The molecule has 147 heavy (non-hydrogen) atoms. The predicted octanol–water partition coefficient (Wildman–Crippen LogP) is 18.3. The molecule has 4 unspecified atom stereocenters. The number of nitrogens with zero attached hydrogens (tertiary/aromatic N) is 33. The number of fused-ring (bicyclic) bond motifs is 12. The van der Waals surface area contributed by atoms with Crippen LogP contribution in [-0.4, -0.2) is 116 Å². The third kappa shape index (κ3) is 26.4. The Labute approximate surface area is 922 Å². The van der Waals surface area contributed by atoms with E-state index in [9.17, 15) is 0 Å². The third-order valence-corrected chi connectivity index (χ3v) is 25.8. The van der Waals surface area contributed by atoms with Crippen LogP contribution in [-0.2, 0) is 116 Å². The van der Waals surface area contributed by atoms with Crippen molar-refractivity contribution in [3.8, 4) is 114 Å². The average molecular weight is 2850 g/mol. The molecule has 0 amide bonds. The first-order valence-electron chi connectivity index (χ1n) is 46.4. The molecule has 4 bridgehead atoms. The van der Waals surface area contributed by atoms with Crippen LogP contribution < -0.4 is 51.0 Å². The Balaban J connectivity index is 0.000000147. The fraction of sp³-hybridized carbons (Fsp3) is 0.220. The second-order valence-electron chi connectivity index (χ2n) is 36.0. The van der Waals surface area contributed by atoms with E-state index in [-0.39, 0.29) is 127 Å². The number of benzene rings is 2. The maximum Gasteiger partial charge on any atom is 2.00 e. The molecule has 0 N–H and O–H groups in total. The van der Waals surface area contributed by atoms with Crippen molar-refractivity contribution in [2.45, 2.75) is 145 Å². The molecule has 20 heterocycles.